The molecule has 0 radical (unpaired) electrons. The summed E-state index contributed by atoms with van der Waals surface area (Å²) in [6, 6.07) is 6.70. The molecule has 1 aromatic carbocycles. The third-order valence-corrected chi connectivity index (χ3v) is 4.42. The van der Waals surface area contributed by atoms with Crippen LogP contribution in [-0.4, -0.2) is 72.8 Å². The van der Waals surface area contributed by atoms with Crippen LogP contribution in [0.25, 0.3) is 0 Å². The van der Waals surface area contributed by atoms with Crippen molar-refractivity contribution in [3.63, 3.8) is 0 Å². The highest BCUT2D eigenvalue weighted by molar-refractivity contribution is 5.97. The predicted octanol–water partition coefficient (Wildman–Crippen LogP) is 0.394. The van der Waals surface area contributed by atoms with E-state index in [-0.39, 0.29) is 17.7 Å². The normalized spacial score (nSPS) is 16.0. The van der Waals surface area contributed by atoms with Crippen LogP contribution in [0.2, 0.25) is 0 Å². The topological polar surface area (TPSA) is 81.8 Å². The highest BCUT2D eigenvalue weighted by atomic mass is 16.2. The van der Waals surface area contributed by atoms with Gasteiger partial charge in [0.25, 0.3) is 5.91 Å². The number of hydrogen-bond acceptors (Lipinski definition) is 4. The van der Waals surface area contributed by atoms with Gasteiger partial charge in [0.1, 0.15) is 6.04 Å². The summed E-state index contributed by atoms with van der Waals surface area (Å²) in [5.74, 6) is -0.334. The molecule has 7 nitrogen and oxygen atoms in total. The minimum absolute atomic E-state index is 0.00561. The van der Waals surface area contributed by atoms with Crippen molar-refractivity contribution in [2.45, 2.75) is 26.8 Å². The molecule has 1 aliphatic heterocycles. The summed E-state index contributed by atoms with van der Waals surface area (Å²) in [7, 11) is 0. The van der Waals surface area contributed by atoms with E-state index in [4.69, 9.17) is 0 Å². The Morgan fingerprint density at radius 3 is 2.46 bits per heavy atom. The Morgan fingerprint density at radius 1 is 1.15 bits per heavy atom. The van der Waals surface area contributed by atoms with E-state index in [9.17, 15) is 14.4 Å². The molecular formula is C19H28N4O3. The van der Waals surface area contributed by atoms with Crippen molar-refractivity contribution in [2.75, 3.05) is 39.3 Å². The van der Waals surface area contributed by atoms with Gasteiger partial charge in [-0.05, 0) is 32.9 Å². The SMILES string of the molecule is CCNC(=O)CN1CCN(C(=O)C(C)NC(=O)c2cccc(C)c2)CC1. The van der Waals surface area contributed by atoms with Gasteiger partial charge in [0.05, 0.1) is 6.54 Å². The number of nitrogens with one attached hydrogen (secondary N) is 2. The van der Waals surface area contributed by atoms with E-state index in [0.717, 1.165) is 5.56 Å². The highest BCUT2D eigenvalue weighted by Gasteiger charge is 2.26. The lowest BCUT2D eigenvalue weighted by Crippen LogP contribution is -2.55. The zero-order chi connectivity index (χ0) is 19.1. The summed E-state index contributed by atoms with van der Waals surface area (Å²) in [6.07, 6.45) is 0. The van der Waals surface area contributed by atoms with Crippen molar-refractivity contribution in [3.8, 4) is 0 Å². The molecule has 26 heavy (non-hydrogen) atoms. The van der Waals surface area contributed by atoms with Crippen molar-refractivity contribution >= 4 is 17.7 Å². The molecule has 7 heteroatoms. The van der Waals surface area contributed by atoms with Crippen molar-refractivity contribution in [2.24, 2.45) is 0 Å². The average molecular weight is 360 g/mol. The van der Waals surface area contributed by atoms with Crippen LogP contribution in [0.1, 0.15) is 29.8 Å². The van der Waals surface area contributed by atoms with E-state index in [2.05, 4.69) is 10.6 Å². The fourth-order valence-electron chi connectivity index (χ4n) is 2.98. The molecule has 0 bridgehead atoms. The maximum absolute atomic E-state index is 12.6. The first-order valence-electron chi connectivity index (χ1n) is 9.06. The van der Waals surface area contributed by atoms with E-state index in [1.807, 2.05) is 30.9 Å². The molecule has 1 heterocycles. The Balaban J connectivity index is 1.82. The van der Waals surface area contributed by atoms with E-state index in [1.165, 1.54) is 0 Å². The van der Waals surface area contributed by atoms with Gasteiger partial charge in [-0.25, -0.2) is 0 Å². The van der Waals surface area contributed by atoms with Gasteiger partial charge in [0.15, 0.2) is 0 Å². The van der Waals surface area contributed by atoms with Gasteiger partial charge in [0.2, 0.25) is 11.8 Å². The van der Waals surface area contributed by atoms with Gasteiger partial charge in [-0.2, -0.15) is 0 Å². The maximum Gasteiger partial charge on any atom is 0.251 e. The summed E-state index contributed by atoms with van der Waals surface area (Å²) in [6.45, 7) is 8.92. The molecule has 0 aliphatic carbocycles. The van der Waals surface area contributed by atoms with Crippen molar-refractivity contribution < 1.29 is 14.4 Å². The highest BCUT2D eigenvalue weighted by Crippen LogP contribution is 2.07. The fourth-order valence-corrected chi connectivity index (χ4v) is 2.98. The number of likely N-dealkylation sites (N-methyl/N-ethyl adjacent to an activating group) is 1. The van der Waals surface area contributed by atoms with Crippen LogP contribution < -0.4 is 10.6 Å². The van der Waals surface area contributed by atoms with Gasteiger partial charge in [-0.15, -0.1) is 0 Å². The molecule has 2 N–H and O–H groups in total. The molecule has 0 saturated carbocycles. The monoisotopic (exact) mass is 360 g/mol. The second-order valence-electron chi connectivity index (χ2n) is 6.62. The van der Waals surface area contributed by atoms with Gasteiger partial charge >= 0.3 is 0 Å². The van der Waals surface area contributed by atoms with Crippen LogP contribution in [0.3, 0.4) is 0 Å². The predicted molar refractivity (Wildman–Crippen MR) is 99.8 cm³/mol. The third-order valence-electron chi connectivity index (χ3n) is 4.42. The fraction of sp³-hybridized carbons (Fsp3) is 0.526. The van der Waals surface area contributed by atoms with E-state index < -0.39 is 6.04 Å². The van der Waals surface area contributed by atoms with Gasteiger partial charge < -0.3 is 15.5 Å². The molecule has 1 fully saturated rings. The Kier molecular flexibility index (Phi) is 7.15. The molecule has 3 amide bonds. The molecule has 1 atom stereocenters. The first kappa shape index (κ1) is 19.9. The van der Waals surface area contributed by atoms with Gasteiger partial charge in [0, 0.05) is 38.3 Å². The van der Waals surface area contributed by atoms with Crippen LogP contribution in [-0.2, 0) is 9.59 Å². The zero-order valence-electron chi connectivity index (χ0n) is 15.7. The molecule has 0 spiro atoms. The second kappa shape index (κ2) is 9.33. The largest absolute Gasteiger partial charge is 0.355 e. The van der Waals surface area contributed by atoms with E-state index in [1.54, 1.807) is 24.0 Å². The Labute approximate surface area is 154 Å². The number of amides is 3. The van der Waals surface area contributed by atoms with Crippen molar-refractivity contribution in [1.29, 1.82) is 0 Å². The van der Waals surface area contributed by atoms with Crippen LogP contribution in [0.15, 0.2) is 24.3 Å². The van der Waals surface area contributed by atoms with Crippen molar-refractivity contribution in [3.05, 3.63) is 35.4 Å². The lowest BCUT2D eigenvalue weighted by molar-refractivity contribution is -0.134. The van der Waals surface area contributed by atoms with Gasteiger partial charge in [-0.1, -0.05) is 17.7 Å². The molecule has 0 aromatic heterocycles. The van der Waals surface area contributed by atoms with Crippen LogP contribution in [0.5, 0.6) is 0 Å². The average Bonchev–Trinajstić information content (AvgIpc) is 2.62. The third kappa shape index (κ3) is 5.56. The number of carbonyl (C=O) groups excluding carboxylic acids is 3. The molecule has 1 aliphatic rings. The number of benzene rings is 1. The minimum atomic E-state index is -0.585. The number of aryl methyl sites for hydroxylation is 1. The standard InChI is InChI=1S/C19H28N4O3/c1-4-20-17(24)13-22-8-10-23(11-9-22)19(26)15(3)21-18(25)16-7-5-6-14(2)12-16/h5-7,12,15H,4,8-11,13H2,1-3H3,(H,20,24)(H,21,25). The van der Waals surface area contributed by atoms with E-state index in [0.29, 0.717) is 44.8 Å². The minimum Gasteiger partial charge on any atom is -0.355 e. The Bertz CT molecular complexity index is 654. The summed E-state index contributed by atoms with van der Waals surface area (Å²) in [5, 5.41) is 5.55. The summed E-state index contributed by atoms with van der Waals surface area (Å²) in [4.78, 5) is 40.3. The molecule has 2 rings (SSSR count). The number of nitrogens with zero attached hydrogens (tertiary/aromatic N) is 2. The number of rotatable bonds is 6. The first-order valence-corrected chi connectivity index (χ1v) is 9.06. The molecule has 1 saturated heterocycles. The molecule has 142 valence electrons. The zero-order valence-corrected chi connectivity index (χ0v) is 15.7. The quantitative estimate of drug-likeness (QED) is 0.769. The van der Waals surface area contributed by atoms with Crippen molar-refractivity contribution in [1.82, 2.24) is 20.4 Å². The van der Waals surface area contributed by atoms with Crippen LogP contribution in [0, 0.1) is 6.92 Å². The molecule has 1 aromatic rings. The Hall–Kier alpha value is -2.41. The lowest BCUT2D eigenvalue weighted by Gasteiger charge is -2.35. The number of hydrogen-bond donors (Lipinski definition) is 2. The second-order valence-corrected chi connectivity index (χ2v) is 6.62. The number of piperazine rings is 1. The summed E-state index contributed by atoms with van der Waals surface area (Å²) >= 11 is 0. The van der Waals surface area contributed by atoms with Gasteiger partial charge in [-0.3, -0.25) is 19.3 Å². The molecule has 1 unspecified atom stereocenters. The summed E-state index contributed by atoms with van der Waals surface area (Å²) < 4.78 is 0. The van der Waals surface area contributed by atoms with E-state index >= 15 is 0 Å². The van der Waals surface area contributed by atoms with Crippen LogP contribution in [0.4, 0.5) is 0 Å². The maximum atomic E-state index is 12.6. The number of carbonyl (C=O) groups is 3. The van der Waals surface area contributed by atoms with Crippen LogP contribution >= 0.6 is 0 Å². The smallest absolute Gasteiger partial charge is 0.251 e. The lowest BCUT2D eigenvalue weighted by atomic mass is 10.1. The summed E-state index contributed by atoms with van der Waals surface area (Å²) in [5.41, 5.74) is 1.55. The molecular weight excluding hydrogens is 332 g/mol. The Morgan fingerprint density at radius 2 is 1.85 bits per heavy atom. The first-order chi connectivity index (χ1) is 12.4.